The molecule has 0 saturated heterocycles. The van der Waals surface area contributed by atoms with E-state index in [2.05, 4.69) is 45.7 Å². The van der Waals surface area contributed by atoms with Crippen molar-refractivity contribution in [2.24, 2.45) is 5.73 Å². The summed E-state index contributed by atoms with van der Waals surface area (Å²) in [6, 6.07) is 14.5. The Balaban J connectivity index is 1.95. The largest absolute Gasteiger partial charge is 0.322 e. The molecule has 0 amide bonds. The third kappa shape index (κ3) is 1.98. The average molecular weight is 238 g/mol. The molecule has 1 aromatic heterocycles. The number of hydrogen-bond donors (Lipinski definition) is 2. The molecule has 3 aromatic rings. The summed E-state index contributed by atoms with van der Waals surface area (Å²) in [4.78, 5) is 0. The number of fused-ring (bicyclic) bond motifs is 1. The third-order valence-corrected chi connectivity index (χ3v) is 3.13. The van der Waals surface area contributed by atoms with Crippen molar-refractivity contribution in [2.75, 3.05) is 0 Å². The SMILES string of the molecule is NC(Cc1cccc2ccccc12)c1cn[nH]n1. The van der Waals surface area contributed by atoms with E-state index in [0.29, 0.717) is 0 Å². The maximum Gasteiger partial charge on any atom is 0.0995 e. The molecule has 0 radical (unpaired) electrons. The van der Waals surface area contributed by atoms with Gasteiger partial charge in [-0.15, -0.1) is 0 Å². The van der Waals surface area contributed by atoms with Gasteiger partial charge in [0.05, 0.1) is 17.9 Å². The molecule has 0 fully saturated rings. The van der Waals surface area contributed by atoms with Crippen molar-refractivity contribution >= 4 is 10.8 Å². The summed E-state index contributed by atoms with van der Waals surface area (Å²) in [6.07, 6.45) is 2.43. The first-order valence-electron chi connectivity index (χ1n) is 5.92. The molecule has 3 N–H and O–H groups in total. The fourth-order valence-electron chi connectivity index (χ4n) is 2.20. The van der Waals surface area contributed by atoms with Crippen molar-refractivity contribution in [3.8, 4) is 0 Å². The highest BCUT2D eigenvalue weighted by atomic mass is 15.3. The minimum absolute atomic E-state index is 0.130. The zero-order valence-corrected chi connectivity index (χ0v) is 9.88. The topological polar surface area (TPSA) is 67.6 Å². The normalized spacial score (nSPS) is 12.7. The quantitative estimate of drug-likeness (QED) is 0.735. The van der Waals surface area contributed by atoms with Crippen LogP contribution in [0.1, 0.15) is 17.3 Å². The Morgan fingerprint density at radius 2 is 1.94 bits per heavy atom. The highest BCUT2D eigenvalue weighted by molar-refractivity contribution is 5.85. The second-order valence-corrected chi connectivity index (χ2v) is 4.34. The van der Waals surface area contributed by atoms with E-state index in [0.717, 1.165) is 12.1 Å². The molecule has 18 heavy (non-hydrogen) atoms. The lowest BCUT2D eigenvalue weighted by Crippen LogP contribution is -2.14. The van der Waals surface area contributed by atoms with Gasteiger partial charge in [0.1, 0.15) is 0 Å². The van der Waals surface area contributed by atoms with Crippen molar-refractivity contribution in [2.45, 2.75) is 12.5 Å². The van der Waals surface area contributed by atoms with Crippen molar-refractivity contribution in [1.82, 2.24) is 15.4 Å². The molecule has 90 valence electrons. The van der Waals surface area contributed by atoms with Crippen LogP contribution in [0, 0.1) is 0 Å². The van der Waals surface area contributed by atoms with Gasteiger partial charge in [0.25, 0.3) is 0 Å². The van der Waals surface area contributed by atoms with Crippen molar-refractivity contribution < 1.29 is 0 Å². The van der Waals surface area contributed by atoms with Gasteiger partial charge in [0, 0.05) is 0 Å². The predicted molar refractivity (Wildman–Crippen MR) is 71.0 cm³/mol. The van der Waals surface area contributed by atoms with Gasteiger partial charge in [0.2, 0.25) is 0 Å². The lowest BCUT2D eigenvalue weighted by atomic mass is 9.98. The monoisotopic (exact) mass is 238 g/mol. The van der Waals surface area contributed by atoms with E-state index >= 15 is 0 Å². The summed E-state index contributed by atoms with van der Waals surface area (Å²) in [6.45, 7) is 0. The van der Waals surface area contributed by atoms with Gasteiger partial charge in [-0.1, -0.05) is 42.5 Å². The first-order chi connectivity index (χ1) is 8.84. The number of nitrogens with one attached hydrogen (secondary N) is 1. The van der Waals surface area contributed by atoms with Gasteiger partial charge in [-0.2, -0.15) is 15.4 Å². The van der Waals surface area contributed by atoms with E-state index in [9.17, 15) is 0 Å². The van der Waals surface area contributed by atoms with Gasteiger partial charge in [-0.25, -0.2) is 0 Å². The van der Waals surface area contributed by atoms with Crippen LogP contribution in [0.5, 0.6) is 0 Å². The van der Waals surface area contributed by atoms with Crippen LogP contribution in [0.4, 0.5) is 0 Å². The lowest BCUT2D eigenvalue weighted by molar-refractivity contribution is 0.694. The molecule has 2 aromatic carbocycles. The Morgan fingerprint density at radius 1 is 1.11 bits per heavy atom. The molecule has 1 unspecified atom stereocenters. The summed E-state index contributed by atoms with van der Waals surface area (Å²) in [5.74, 6) is 0. The summed E-state index contributed by atoms with van der Waals surface area (Å²) in [7, 11) is 0. The molecule has 3 rings (SSSR count). The number of nitrogens with zero attached hydrogens (tertiary/aromatic N) is 2. The number of aromatic amines is 1. The molecular weight excluding hydrogens is 224 g/mol. The fraction of sp³-hybridized carbons (Fsp3) is 0.143. The molecule has 1 atom stereocenters. The zero-order chi connectivity index (χ0) is 12.4. The van der Waals surface area contributed by atoms with Gasteiger partial charge >= 0.3 is 0 Å². The minimum Gasteiger partial charge on any atom is -0.322 e. The van der Waals surface area contributed by atoms with E-state index in [1.54, 1.807) is 6.20 Å². The number of H-pyrrole nitrogens is 1. The van der Waals surface area contributed by atoms with E-state index in [4.69, 9.17) is 5.73 Å². The standard InChI is InChI=1S/C14H14N4/c15-13(14-9-16-18-17-14)8-11-6-3-5-10-4-1-2-7-12(10)11/h1-7,9,13H,8,15H2,(H,16,17,18). The highest BCUT2D eigenvalue weighted by Gasteiger charge is 2.11. The van der Waals surface area contributed by atoms with Crippen molar-refractivity contribution in [3.05, 3.63) is 59.9 Å². The first kappa shape index (κ1) is 10.9. The minimum atomic E-state index is -0.130. The fourth-order valence-corrected chi connectivity index (χ4v) is 2.20. The Hall–Kier alpha value is -2.20. The Bertz CT molecular complexity index is 640. The molecule has 0 aliphatic carbocycles. The van der Waals surface area contributed by atoms with Crippen LogP contribution in [0.15, 0.2) is 48.7 Å². The maximum atomic E-state index is 6.14. The van der Waals surface area contributed by atoms with Crippen molar-refractivity contribution in [3.63, 3.8) is 0 Å². The van der Waals surface area contributed by atoms with Crippen LogP contribution in [-0.2, 0) is 6.42 Å². The Morgan fingerprint density at radius 3 is 2.78 bits per heavy atom. The summed E-state index contributed by atoms with van der Waals surface area (Å²) < 4.78 is 0. The zero-order valence-electron chi connectivity index (χ0n) is 9.88. The molecule has 1 heterocycles. The predicted octanol–water partition coefficient (Wildman–Crippen LogP) is 2.20. The van der Waals surface area contributed by atoms with Gasteiger partial charge < -0.3 is 5.73 Å². The molecule has 0 aliphatic rings. The summed E-state index contributed by atoms with van der Waals surface area (Å²) in [5, 5.41) is 12.9. The Kier molecular flexibility index (Phi) is 2.78. The van der Waals surface area contributed by atoms with Crippen LogP contribution < -0.4 is 5.73 Å². The van der Waals surface area contributed by atoms with Crippen LogP contribution in [0.25, 0.3) is 10.8 Å². The van der Waals surface area contributed by atoms with E-state index in [1.165, 1.54) is 16.3 Å². The van der Waals surface area contributed by atoms with Gasteiger partial charge in [-0.3, -0.25) is 0 Å². The number of rotatable bonds is 3. The van der Waals surface area contributed by atoms with Crippen LogP contribution in [0.2, 0.25) is 0 Å². The van der Waals surface area contributed by atoms with E-state index in [-0.39, 0.29) is 6.04 Å². The summed E-state index contributed by atoms with van der Waals surface area (Å²) >= 11 is 0. The molecule has 0 aliphatic heterocycles. The van der Waals surface area contributed by atoms with Crippen LogP contribution in [0.3, 0.4) is 0 Å². The highest BCUT2D eigenvalue weighted by Crippen LogP contribution is 2.22. The number of hydrogen-bond acceptors (Lipinski definition) is 3. The van der Waals surface area contributed by atoms with Crippen LogP contribution >= 0.6 is 0 Å². The van der Waals surface area contributed by atoms with Gasteiger partial charge in [0.15, 0.2) is 0 Å². The van der Waals surface area contributed by atoms with Crippen LogP contribution in [-0.4, -0.2) is 15.4 Å². The average Bonchev–Trinajstić information content (AvgIpc) is 2.93. The van der Waals surface area contributed by atoms with E-state index in [1.807, 2.05) is 12.1 Å². The lowest BCUT2D eigenvalue weighted by Gasteiger charge is -2.10. The molecule has 4 heteroatoms. The van der Waals surface area contributed by atoms with Gasteiger partial charge in [-0.05, 0) is 22.8 Å². The molecule has 0 saturated carbocycles. The maximum absolute atomic E-state index is 6.14. The summed E-state index contributed by atoms with van der Waals surface area (Å²) in [5.41, 5.74) is 8.17. The number of benzene rings is 2. The molecule has 4 nitrogen and oxygen atoms in total. The van der Waals surface area contributed by atoms with E-state index < -0.39 is 0 Å². The molecular formula is C14H14N4. The smallest absolute Gasteiger partial charge is 0.0995 e. The second kappa shape index (κ2) is 4.58. The molecule has 0 spiro atoms. The number of nitrogens with two attached hydrogens (primary N) is 1. The second-order valence-electron chi connectivity index (χ2n) is 4.34. The number of aromatic nitrogens is 3. The third-order valence-electron chi connectivity index (χ3n) is 3.13. The molecule has 0 bridgehead atoms. The first-order valence-corrected chi connectivity index (χ1v) is 5.92. The van der Waals surface area contributed by atoms with Crippen molar-refractivity contribution in [1.29, 1.82) is 0 Å². The Labute approximate surface area is 105 Å².